The lowest BCUT2D eigenvalue weighted by Crippen LogP contribution is -2.32. The predicted octanol–water partition coefficient (Wildman–Crippen LogP) is 4.78. The maximum Gasteiger partial charge on any atom is 0.248 e. The van der Waals surface area contributed by atoms with Crippen LogP contribution in [0.2, 0.25) is 0 Å². The van der Waals surface area contributed by atoms with E-state index in [2.05, 4.69) is 46.3 Å². The van der Waals surface area contributed by atoms with Gasteiger partial charge >= 0.3 is 0 Å². The third kappa shape index (κ3) is 4.25. The zero-order valence-electron chi connectivity index (χ0n) is 17.9. The van der Waals surface area contributed by atoms with Crippen molar-refractivity contribution in [3.63, 3.8) is 0 Å². The summed E-state index contributed by atoms with van der Waals surface area (Å²) in [7, 11) is 0. The molecule has 1 aliphatic heterocycles. The number of para-hydroxylation sites is 1. The highest BCUT2D eigenvalue weighted by molar-refractivity contribution is 5.94. The van der Waals surface area contributed by atoms with Crippen LogP contribution in [0.3, 0.4) is 0 Å². The van der Waals surface area contributed by atoms with Crippen molar-refractivity contribution in [2.75, 3.05) is 13.1 Å². The minimum Gasteiger partial charge on any atom is -0.366 e. The standard InChI is InChI=1S/C27H26N4O/c28-27(32)21-5-3-4-20(16-21)22-8-9-25(30-17-22)19-11-14-31(15-12-19)18-23-10-13-29-26-7-2-1-6-24(23)26/h1-10,13,16-17,19H,11-12,14-15,18H2,(H2,28,32). The van der Waals surface area contributed by atoms with Crippen LogP contribution >= 0.6 is 0 Å². The first-order valence-electron chi connectivity index (χ1n) is 11.1. The summed E-state index contributed by atoms with van der Waals surface area (Å²) in [5, 5.41) is 1.25. The van der Waals surface area contributed by atoms with Crippen LogP contribution in [0.4, 0.5) is 0 Å². The zero-order chi connectivity index (χ0) is 21.9. The van der Waals surface area contributed by atoms with Gasteiger partial charge in [-0.25, -0.2) is 0 Å². The van der Waals surface area contributed by atoms with E-state index in [0.29, 0.717) is 11.5 Å². The van der Waals surface area contributed by atoms with Crippen molar-refractivity contribution in [1.29, 1.82) is 0 Å². The van der Waals surface area contributed by atoms with Crippen LogP contribution in [0.5, 0.6) is 0 Å². The van der Waals surface area contributed by atoms with Crippen molar-refractivity contribution in [1.82, 2.24) is 14.9 Å². The van der Waals surface area contributed by atoms with Gasteiger partial charge in [-0.1, -0.05) is 36.4 Å². The number of fused-ring (bicyclic) bond motifs is 1. The van der Waals surface area contributed by atoms with Gasteiger partial charge in [0.05, 0.1) is 5.52 Å². The molecule has 0 bridgehead atoms. The van der Waals surface area contributed by atoms with Crippen LogP contribution in [0, 0.1) is 0 Å². The molecule has 5 heteroatoms. The molecule has 0 unspecified atom stereocenters. The van der Waals surface area contributed by atoms with Gasteiger partial charge in [0.2, 0.25) is 5.91 Å². The fourth-order valence-electron chi connectivity index (χ4n) is 4.59. The van der Waals surface area contributed by atoms with Crippen LogP contribution in [-0.2, 0) is 6.54 Å². The summed E-state index contributed by atoms with van der Waals surface area (Å²) in [6.07, 6.45) is 6.03. The van der Waals surface area contributed by atoms with Crippen molar-refractivity contribution >= 4 is 16.8 Å². The van der Waals surface area contributed by atoms with Gasteiger partial charge in [0.15, 0.2) is 0 Å². The van der Waals surface area contributed by atoms with Gasteiger partial charge in [-0.3, -0.25) is 19.7 Å². The monoisotopic (exact) mass is 422 g/mol. The van der Waals surface area contributed by atoms with E-state index in [-0.39, 0.29) is 0 Å². The number of hydrogen-bond donors (Lipinski definition) is 1. The number of nitrogens with zero attached hydrogens (tertiary/aromatic N) is 3. The Balaban J connectivity index is 1.23. The van der Waals surface area contributed by atoms with Gasteiger partial charge in [0.1, 0.15) is 0 Å². The van der Waals surface area contributed by atoms with E-state index in [9.17, 15) is 4.79 Å². The molecule has 0 radical (unpaired) electrons. The molecule has 32 heavy (non-hydrogen) atoms. The fraction of sp³-hybridized carbons (Fsp3) is 0.222. The summed E-state index contributed by atoms with van der Waals surface area (Å²) in [5.74, 6) is 0.0643. The average molecular weight is 423 g/mol. The molecule has 1 amide bonds. The molecule has 1 saturated heterocycles. The summed E-state index contributed by atoms with van der Waals surface area (Å²) < 4.78 is 0. The highest BCUT2D eigenvalue weighted by atomic mass is 16.1. The van der Waals surface area contributed by atoms with Crippen LogP contribution in [0.1, 0.15) is 40.4 Å². The lowest BCUT2D eigenvalue weighted by Gasteiger charge is -2.32. The number of nitrogens with two attached hydrogens (primary N) is 1. The molecule has 1 aliphatic rings. The smallest absolute Gasteiger partial charge is 0.248 e. The minimum atomic E-state index is -0.414. The summed E-state index contributed by atoms with van der Waals surface area (Å²) >= 11 is 0. The van der Waals surface area contributed by atoms with Gasteiger partial charge in [-0.05, 0) is 67.4 Å². The van der Waals surface area contributed by atoms with E-state index >= 15 is 0 Å². The lowest BCUT2D eigenvalue weighted by molar-refractivity contribution is 0.100. The lowest BCUT2D eigenvalue weighted by atomic mass is 9.92. The Bertz CT molecular complexity index is 1240. The first-order valence-corrected chi connectivity index (χ1v) is 11.1. The molecule has 2 aromatic heterocycles. The quantitative estimate of drug-likeness (QED) is 0.503. The third-order valence-electron chi connectivity index (χ3n) is 6.41. The molecule has 4 aromatic rings. The Morgan fingerprint density at radius 3 is 2.56 bits per heavy atom. The first kappa shape index (κ1) is 20.3. The Hall–Kier alpha value is -3.57. The number of carbonyl (C=O) groups is 1. The van der Waals surface area contributed by atoms with E-state index in [1.54, 1.807) is 6.07 Å². The van der Waals surface area contributed by atoms with E-state index in [0.717, 1.165) is 54.8 Å². The SMILES string of the molecule is NC(=O)c1cccc(-c2ccc(C3CCN(Cc4ccnc5ccccc45)CC3)nc2)c1. The van der Waals surface area contributed by atoms with Crippen molar-refractivity contribution in [3.05, 3.63) is 95.9 Å². The Morgan fingerprint density at radius 1 is 0.938 bits per heavy atom. The number of carbonyl (C=O) groups excluding carboxylic acids is 1. The van der Waals surface area contributed by atoms with Crippen molar-refractivity contribution in [2.24, 2.45) is 5.73 Å². The summed E-state index contributed by atoms with van der Waals surface area (Å²) in [4.78, 5) is 23.2. The molecule has 3 heterocycles. The van der Waals surface area contributed by atoms with E-state index < -0.39 is 5.91 Å². The largest absolute Gasteiger partial charge is 0.366 e. The molecule has 5 rings (SSSR count). The second kappa shape index (κ2) is 8.89. The molecule has 2 aromatic carbocycles. The van der Waals surface area contributed by atoms with Gasteiger partial charge < -0.3 is 5.73 Å². The number of pyridine rings is 2. The molecule has 2 N–H and O–H groups in total. The summed E-state index contributed by atoms with van der Waals surface area (Å²) in [6.45, 7) is 3.08. The van der Waals surface area contributed by atoms with Crippen molar-refractivity contribution in [3.8, 4) is 11.1 Å². The van der Waals surface area contributed by atoms with E-state index in [1.165, 1.54) is 10.9 Å². The van der Waals surface area contributed by atoms with Crippen LogP contribution < -0.4 is 5.73 Å². The number of primary amides is 1. The number of amides is 1. The van der Waals surface area contributed by atoms with Gasteiger partial charge in [-0.2, -0.15) is 0 Å². The molecule has 0 atom stereocenters. The van der Waals surface area contributed by atoms with Gasteiger partial charge in [0, 0.05) is 47.1 Å². The Kier molecular flexibility index (Phi) is 5.65. The fourth-order valence-corrected chi connectivity index (χ4v) is 4.59. The number of rotatable bonds is 5. The number of piperidine rings is 1. The minimum absolute atomic E-state index is 0.414. The van der Waals surface area contributed by atoms with Crippen LogP contribution in [0.25, 0.3) is 22.0 Å². The normalized spacial score (nSPS) is 15.1. The molecular formula is C27H26N4O. The van der Waals surface area contributed by atoms with Crippen molar-refractivity contribution in [2.45, 2.75) is 25.3 Å². The number of aromatic nitrogens is 2. The highest BCUT2D eigenvalue weighted by Crippen LogP contribution is 2.29. The second-order valence-corrected chi connectivity index (χ2v) is 8.45. The zero-order valence-corrected chi connectivity index (χ0v) is 17.9. The van der Waals surface area contributed by atoms with Crippen LogP contribution in [-0.4, -0.2) is 33.9 Å². The number of hydrogen-bond acceptors (Lipinski definition) is 4. The number of likely N-dealkylation sites (tertiary alicyclic amines) is 1. The highest BCUT2D eigenvalue weighted by Gasteiger charge is 2.22. The molecule has 160 valence electrons. The Morgan fingerprint density at radius 2 is 1.78 bits per heavy atom. The molecular weight excluding hydrogens is 396 g/mol. The first-order chi connectivity index (χ1) is 15.7. The number of benzene rings is 2. The molecule has 0 saturated carbocycles. The van der Waals surface area contributed by atoms with E-state index in [4.69, 9.17) is 10.7 Å². The van der Waals surface area contributed by atoms with E-state index in [1.807, 2.05) is 36.7 Å². The Labute approximate surface area is 187 Å². The topological polar surface area (TPSA) is 72.1 Å². The molecule has 0 spiro atoms. The van der Waals surface area contributed by atoms with Crippen molar-refractivity contribution < 1.29 is 4.79 Å². The van der Waals surface area contributed by atoms with Gasteiger partial charge in [-0.15, -0.1) is 0 Å². The summed E-state index contributed by atoms with van der Waals surface area (Å²) in [6, 6.07) is 22.1. The third-order valence-corrected chi connectivity index (χ3v) is 6.41. The molecule has 5 nitrogen and oxygen atoms in total. The maximum atomic E-state index is 11.5. The molecule has 1 fully saturated rings. The average Bonchev–Trinajstić information content (AvgIpc) is 2.85. The maximum absolute atomic E-state index is 11.5. The summed E-state index contributed by atoms with van der Waals surface area (Å²) in [5.41, 5.74) is 11.4. The van der Waals surface area contributed by atoms with Crippen LogP contribution in [0.15, 0.2) is 79.1 Å². The molecule has 0 aliphatic carbocycles. The predicted molar refractivity (Wildman–Crippen MR) is 127 cm³/mol. The van der Waals surface area contributed by atoms with Gasteiger partial charge in [0.25, 0.3) is 0 Å². The second-order valence-electron chi connectivity index (χ2n) is 8.45.